The Morgan fingerprint density at radius 2 is 1.91 bits per heavy atom. The number of aromatic amines is 1. The van der Waals surface area contributed by atoms with E-state index in [4.69, 9.17) is 4.74 Å². The molecule has 3 heterocycles. The van der Waals surface area contributed by atoms with Crippen LogP contribution in [0.1, 0.15) is 18.4 Å². The highest BCUT2D eigenvalue weighted by atomic mass is 32.2. The van der Waals surface area contributed by atoms with Crippen molar-refractivity contribution in [3.63, 3.8) is 0 Å². The van der Waals surface area contributed by atoms with Gasteiger partial charge in [-0.05, 0) is 61.1 Å². The van der Waals surface area contributed by atoms with Crippen molar-refractivity contribution in [2.45, 2.75) is 24.2 Å². The highest BCUT2D eigenvalue weighted by Gasteiger charge is 2.32. The molecule has 1 aliphatic heterocycles. The number of pyridine rings is 1. The molecule has 0 amide bonds. The molecule has 2 aromatic carbocycles. The number of benzene rings is 2. The molecule has 2 aromatic heterocycles. The van der Waals surface area contributed by atoms with Crippen LogP contribution in [-0.4, -0.2) is 31.1 Å². The topological polar surface area (TPSA) is 84.4 Å². The van der Waals surface area contributed by atoms with Crippen molar-refractivity contribution in [2.24, 2.45) is 13.0 Å². The van der Waals surface area contributed by atoms with E-state index in [1.54, 1.807) is 29.0 Å². The predicted octanol–water partition coefficient (Wildman–Crippen LogP) is 4.07. The minimum Gasteiger partial charge on any atom is -0.493 e. The fourth-order valence-electron chi connectivity index (χ4n) is 4.76. The van der Waals surface area contributed by atoms with Gasteiger partial charge >= 0.3 is 0 Å². The summed E-state index contributed by atoms with van der Waals surface area (Å²) in [4.78, 5) is 15.4. The lowest BCUT2D eigenvalue weighted by Gasteiger charge is -2.21. The molecule has 0 atom stereocenters. The summed E-state index contributed by atoms with van der Waals surface area (Å²) in [5.41, 5.74) is 3.55. The van der Waals surface area contributed by atoms with Crippen LogP contribution in [-0.2, 0) is 23.5 Å². The molecule has 174 valence electrons. The maximum absolute atomic E-state index is 13.7. The number of nitrogens with zero attached hydrogens (tertiary/aromatic N) is 2. The molecular weight excluding hydrogens is 450 g/mol. The molecule has 2 aliphatic rings. The highest BCUT2D eigenvalue weighted by Crippen LogP contribution is 2.40. The molecule has 0 radical (unpaired) electrons. The summed E-state index contributed by atoms with van der Waals surface area (Å²) in [5.74, 6) is 1.17. The molecule has 8 heteroatoms. The average Bonchev–Trinajstić information content (AvgIpc) is 3.45. The van der Waals surface area contributed by atoms with E-state index in [9.17, 15) is 13.2 Å². The number of hydrogen-bond donors (Lipinski definition) is 1. The maximum atomic E-state index is 13.7. The Kier molecular flexibility index (Phi) is 4.81. The van der Waals surface area contributed by atoms with Gasteiger partial charge in [0.2, 0.25) is 0 Å². The number of sulfonamides is 1. The first-order valence-electron chi connectivity index (χ1n) is 11.5. The number of para-hydroxylation sites is 1. The Labute approximate surface area is 197 Å². The van der Waals surface area contributed by atoms with Gasteiger partial charge in [-0.2, -0.15) is 0 Å². The van der Waals surface area contributed by atoms with Crippen molar-refractivity contribution in [3.8, 4) is 16.9 Å². The van der Waals surface area contributed by atoms with Crippen molar-refractivity contribution in [2.75, 3.05) is 17.5 Å². The van der Waals surface area contributed by atoms with E-state index >= 15 is 0 Å². The quantitative estimate of drug-likeness (QED) is 0.456. The van der Waals surface area contributed by atoms with Crippen molar-refractivity contribution in [1.29, 1.82) is 0 Å². The number of ether oxygens (including phenoxy) is 1. The van der Waals surface area contributed by atoms with E-state index in [0.717, 1.165) is 35.0 Å². The van der Waals surface area contributed by atoms with E-state index < -0.39 is 10.0 Å². The second-order valence-electron chi connectivity index (χ2n) is 9.09. The van der Waals surface area contributed by atoms with Gasteiger partial charge in [-0.1, -0.05) is 18.2 Å². The predicted molar refractivity (Wildman–Crippen MR) is 132 cm³/mol. The first kappa shape index (κ1) is 21.0. The van der Waals surface area contributed by atoms with Crippen molar-refractivity contribution < 1.29 is 13.2 Å². The largest absolute Gasteiger partial charge is 0.493 e. The summed E-state index contributed by atoms with van der Waals surface area (Å²) in [5, 5.41) is 0.753. The Balaban J connectivity index is 1.50. The number of hydrogen-bond acceptors (Lipinski definition) is 4. The molecule has 0 bridgehead atoms. The normalized spacial score (nSPS) is 15.6. The Hall–Kier alpha value is -3.52. The molecule has 1 fully saturated rings. The first-order chi connectivity index (χ1) is 16.4. The van der Waals surface area contributed by atoms with Crippen LogP contribution in [0.25, 0.3) is 22.0 Å². The number of rotatable bonds is 6. The molecule has 4 aromatic rings. The third kappa shape index (κ3) is 3.40. The van der Waals surface area contributed by atoms with Gasteiger partial charge in [0.25, 0.3) is 15.6 Å². The van der Waals surface area contributed by atoms with Crippen molar-refractivity contribution in [3.05, 3.63) is 76.8 Å². The minimum atomic E-state index is -3.77. The fourth-order valence-corrected chi connectivity index (χ4v) is 6.29. The highest BCUT2D eigenvalue weighted by molar-refractivity contribution is 7.92. The lowest BCUT2D eigenvalue weighted by Crippen LogP contribution is -2.29. The Bertz CT molecular complexity index is 1580. The van der Waals surface area contributed by atoms with Gasteiger partial charge in [-0.15, -0.1) is 0 Å². The van der Waals surface area contributed by atoms with E-state index in [1.165, 1.54) is 4.31 Å². The van der Waals surface area contributed by atoms with Crippen LogP contribution in [0, 0.1) is 5.92 Å². The zero-order valence-corrected chi connectivity index (χ0v) is 19.6. The van der Waals surface area contributed by atoms with E-state index in [-0.39, 0.29) is 10.5 Å². The summed E-state index contributed by atoms with van der Waals surface area (Å²) in [6.45, 7) is 1.02. The van der Waals surface area contributed by atoms with Gasteiger partial charge in [0.1, 0.15) is 11.3 Å². The van der Waals surface area contributed by atoms with Gasteiger partial charge in [0.05, 0.1) is 17.2 Å². The lowest BCUT2D eigenvalue weighted by molar-refractivity contribution is 0.301. The second-order valence-corrected chi connectivity index (χ2v) is 11.0. The number of nitrogens with one attached hydrogen (secondary N) is 1. The monoisotopic (exact) mass is 475 g/mol. The number of aromatic nitrogens is 2. The molecule has 0 spiro atoms. The van der Waals surface area contributed by atoms with Gasteiger partial charge in [-0.25, -0.2) is 8.42 Å². The van der Waals surface area contributed by atoms with Crippen LogP contribution in [0.5, 0.6) is 5.75 Å². The molecule has 7 nitrogen and oxygen atoms in total. The van der Waals surface area contributed by atoms with Crippen LogP contribution in [0.3, 0.4) is 0 Å². The van der Waals surface area contributed by atoms with Crippen LogP contribution in [0.2, 0.25) is 0 Å². The molecule has 34 heavy (non-hydrogen) atoms. The van der Waals surface area contributed by atoms with Crippen LogP contribution < -0.4 is 14.6 Å². The number of aryl methyl sites for hydroxylation is 1. The molecule has 1 saturated carbocycles. The summed E-state index contributed by atoms with van der Waals surface area (Å²) in [6.07, 6.45) is 6.47. The third-order valence-corrected chi connectivity index (χ3v) is 8.55. The molecule has 0 unspecified atom stereocenters. The van der Waals surface area contributed by atoms with Crippen LogP contribution in [0.15, 0.2) is 70.6 Å². The zero-order valence-electron chi connectivity index (χ0n) is 18.8. The van der Waals surface area contributed by atoms with Crippen LogP contribution in [0.4, 0.5) is 5.69 Å². The van der Waals surface area contributed by atoms with Gasteiger partial charge in [0, 0.05) is 42.5 Å². The summed E-state index contributed by atoms with van der Waals surface area (Å²) < 4.78 is 36.8. The Morgan fingerprint density at radius 3 is 2.74 bits per heavy atom. The summed E-state index contributed by atoms with van der Waals surface area (Å²) in [7, 11) is -1.96. The van der Waals surface area contributed by atoms with E-state index in [2.05, 4.69) is 4.98 Å². The minimum absolute atomic E-state index is 0.191. The van der Waals surface area contributed by atoms with Gasteiger partial charge in [0.15, 0.2) is 0 Å². The summed E-state index contributed by atoms with van der Waals surface area (Å²) in [6, 6.07) is 14.5. The number of fused-ring (bicyclic) bond motifs is 2. The Morgan fingerprint density at radius 1 is 1.09 bits per heavy atom. The second kappa shape index (κ2) is 7.77. The standard InChI is InChI=1S/C26H25N3O4S/c1-28-15-22(20-10-12-27-26(30)25(20)28)21-14-19(8-9-24(21)33-16-17-6-7-17)34(31,32)29-13-11-18-4-2-3-5-23(18)29/h2-5,8-10,12,14-15,17H,6-7,11,13,16H2,1H3,(H,27,30). The maximum Gasteiger partial charge on any atom is 0.272 e. The zero-order chi connectivity index (χ0) is 23.4. The lowest BCUT2D eigenvalue weighted by atomic mass is 10.0. The first-order valence-corrected chi connectivity index (χ1v) is 12.9. The molecular formula is C26H25N3O4S. The number of H-pyrrole nitrogens is 1. The molecule has 6 rings (SSSR count). The SMILES string of the molecule is Cn1cc(-c2cc(S(=O)(=O)N3CCc4ccccc43)ccc2OCC2CC2)c2cc[nH]c(=O)c21. The average molecular weight is 476 g/mol. The van der Waals surface area contributed by atoms with Gasteiger partial charge < -0.3 is 14.3 Å². The third-order valence-electron chi connectivity index (χ3n) is 6.75. The van der Waals surface area contributed by atoms with Crippen LogP contribution >= 0.6 is 0 Å². The fraction of sp³-hybridized carbons (Fsp3) is 0.269. The smallest absolute Gasteiger partial charge is 0.272 e. The van der Waals surface area contributed by atoms with E-state index in [0.29, 0.717) is 42.3 Å². The van der Waals surface area contributed by atoms with Crippen molar-refractivity contribution in [1.82, 2.24) is 9.55 Å². The summed E-state index contributed by atoms with van der Waals surface area (Å²) >= 11 is 0. The van der Waals surface area contributed by atoms with Crippen molar-refractivity contribution >= 4 is 26.6 Å². The number of anilines is 1. The molecule has 0 saturated heterocycles. The van der Waals surface area contributed by atoms with Gasteiger partial charge in [-0.3, -0.25) is 9.10 Å². The van der Waals surface area contributed by atoms with E-state index in [1.807, 2.05) is 43.6 Å². The molecule has 1 N–H and O–H groups in total. The molecule has 1 aliphatic carbocycles.